The Morgan fingerprint density at radius 2 is 1.75 bits per heavy atom. The summed E-state index contributed by atoms with van der Waals surface area (Å²) >= 11 is 5.98. The quantitative estimate of drug-likeness (QED) is 0.550. The van der Waals surface area contributed by atoms with Crippen molar-refractivity contribution in [1.82, 2.24) is 9.97 Å². The molecule has 1 aliphatic heterocycles. The third-order valence-electron chi connectivity index (χ3n) is 3.20. The molecule has 1 aromatic rings. The van der Waals surface area contributed by atoms with Crippen LogP contribution in [0.15, 0.2) is 12.5 Å². The second-order valence-electron chi connectivity index (χ2n) is 4.86. The van der Waals surface area contributed by atoms with Crippen LogP contribution >= 0.6 is 11.6 Å². The summed E-state index contributed by atoms with van der Waals surface area (Å²) < 4.78 is 11.7. The summed E-state index contributed by atoms with van der Waals surface area (Å²) in [5.41, 5.74) is -0.0870. The molecule has 0 N–H and O–H groups in total. The summed E-state index contributed by atoms with van der Waals surface area (Å²) in [5, 5.41) is 0.369. The molecule has 0 atom stereocenters. The van der Waals surface area contributed by atoms with Crippen molar-refractivity contribution in [1.29, 1.82) is 0 Å². The Kier molecular flexibility index (Phi) is 2.73. The van der Waals surface area contributed by atoms with Gasteiger partial charge in [-0.15, -0.1) is 0 Å². The SMILES string of the molecule is CC1(C)OB(c2cncnc2Cl)OC1(C)C. The third kappa shape index (κ3) is 1.83. The minimum Gasteiger partial charge on any atom is -0.399 e. The minimum absolute atomic E-state index is 0.369. The van der Waals surface area contributed by atoms with E-state index in [-0.39, 0.29) is 11.2 Å². The monoisotopic (exact) mass is 240 g/mol. The molecule has 0 aromatic carbocycles. The van der Waals surface area contributed by atoms with E-state index in [1.165, 1.54) is 6.33 Å². The molecule has 0 unspecified atom stereocenters. The molecule has 2 heterocycles. The highest BCUT2D eigenvalue weighted by molar-refractivity contribution is 6.65. The average Bonchev–Trinajstić information content (AvgIpc) is 2.36. The molecule has 86 valence electrons. The molecular formula is C10H14BClN2O2. The first kappa shape index (κ1) is 11.8. The molecule has 2 rings (SSSR count). The Hall–Kier alpha value is -0.645. The molecule has 16 heavy (non-hydrogen) atoms. The number of aromatic nitrogens is 2. The highest BCUT2D eigenvalue weighted by atomic mass is 35.5. The molecule has 0 spiro atoms. The lowest BCUT2D eigenvalue weighted by atomic mass is 9.81. The van der Waals surface area contributed by atoms with Crippen molar-refractivity contribution in [2.75, 3.05) is 0 Å². The Bertz CT molecular complexity index is 396. The highest BCUT2D eigenvalue weighted by Crippen LogP contribution is 2.36. The molecule has 0 radical (unpaired) electrons. The van der Waals surface area contributed by atoms with E-state index in [9.17, 15) is 0 Å². The van der Waals surface area contributed by atoms with Gasteiger partial charge in [-0.25, -0.2) is 9.97 Å². The largest absolute Gasteiger partial charge is 0.499 e. The summed E-state index contributed by atoms with van der Waals surface area (Å²) in [5.74, 6) is 0. The van der Waals surface area contributed by atoms with Crippen LogP contribution in [-0.2, 0) is 9.31 Å². The Balaban J connectivity index is 2.31. The van der Waals surface area contributed by atoms with Crippen LogP contribution in [0, 0.1) is 0 Å². The van der Waals surface area contributed by atoms with Gasteiger partial charge in [-0.1, -0.05) is 11.6 Å². The molecule has 1 fully saturated rings. The van der Waals surface area contributed by atoms with E-state index in [0.29, 0.717) is 10.6 Å². The van der Waals surface area contributed by atoms with Gasteiger partial charge in [0, 0.05) is 11.7 Å². The fourth-order valence-electron chi connectivity index (χ4n) is 1.45. The number of hydrogen-bond acceptors (Lipinski definition) is 4. The summed E-state index contributed by atoms with van der Waals surface area (Å²) in [7, 11) is -0.501. The van der Waals surface area contributed by atoms with E-state index in [2.05, 4.69) is 9.97 Å². The van der Waals surface area contributed by atoms with Gasteiger partial charge in [0.1, 0.15) is 11.5 Å². The van der Waals surface area contributed by atoms with E-state index >= 15 is 0 Å². The molecule has 0 aliphatic carbocycles. The average molecular weight is 240 g/mol. The number of hydrogen-bond donors (Lipinski definition) is 0. The van der Waals surface area contributed by atoms with Crippen LogP contribution in [-0.4, -0.2) is 28.3 Å². The second kappa shape index (κ2) is 3.69. The van der Waals surface area contributed by atoms with Gasteiger partial charge in [0.15, 0.2) is 0 Å². The molecular weight excluding hydrogens is 226 g/mol. The van der Waals surface area contributed by atoms with E-state index in [1.807, 2.05) is 27.7 Å². The van der Waals surface area contributed by atoms with Gasteiger partial charge in [-0.2, -0.15) is 0 Å². The van der Waals surface area contributed by atoms with E-state index in [1.54, 1.807) is 6.20 Å². The normalized spacial score (nSPS) is 22.4. The zero-order chi connectivity index (χ0) is 12.0. The molecule has 1 aliphatic rings. The zero-order valence-electron chi connectivity index (χ0n) is 9.82. The van der Waals surface area contributed by atoms with Crippen molar-refractivity contribution in [3.63, 3.8) is 0 Å². The predicted molar refractivity (Wildman–Crippen MR) is 62.8 cm³/mol. The maximum Gasteiger partial charge on any atom is 0.499 e. The van der Waals surface area contributed by atoms with Gasteiger partial charge < -0.3 is 9.31 Å². The van der Waals surface area contributed by atoms with Gasteiger partial charge in [-0.3, -0.25) is 0 Å². The third-order valence-corrected chi connectivity index (χ3v) is 3.51. The van der Waals surface area contributed by atoms with Gasteiger partial charge in [0.2, 0.25) is 0 Å². The Morgan fingerprint density at radius 3 is 2.25 bits per heavy atom. The first-order valence-electron chi connectivity index (χ1n) is 5.14. The van der Waals surface area contributed by atoms with Crippen LogP contribution < -0.4 is 5.46 Å². The van der Waals surface area contributed by atoms with E-state index in [0.717, 1.165) is 0 Å². The Labute approximate surface area is 100 Å². The number of rotatable bonds is 1. The van der Waals surface area contributed by atoms with Crippen molar-refractivity contribution in [2.45, 2.75) is 38.9 Å². The van der Waals surface area contributed by atoms with Gasteiger partial charge in [0.25, 0.3) is 0 Å². The fraction of sp³-hybridized carbons (Fsp3) is 0.600. The molecule has 4 nitrogen and oxygen atoms in total. The lowest BCUT2D eigenvalue weighted by Crippen LogP contribution is -2.41. The van der Waals surface area contributed by atoms with Crippen molar-refractivity contribution in [3.05, 3.63) is 17.7 Å². The zero-order valence-corrected chi connectivity index (χ0v) is 10.6. The first-order chi connectivity index (χ1) is 7.33. The number of halogens is 1. The summed E-state index contributed by atoms with van der Waals surface area (Å²) in [6, 6.07) is 0. The van der Waals surface area contributed by atoms with Crippen LogP contribution in [0.2, 0.25) is 5.15 Å². The second-order valence-corrected chi connectivity index (χ2v) is 5.22. The predicted octanol–water partition coefficient (Wildman–Crippen LogP) is 1.43. The molecule has 1 aromatic heterocycles. The summed E-state index contributed by atoms with van der Waals surface area (Å²) in [4.78, 5) is 7.84. The van der Waals surface area contributed by atoms with Crippen LogP contribution in [0.4, 0.5) is 0 Å². The lowest BCUT2D eigenvalue weighted by molar-refractivity contribution is 0.00578. The van der Waals surface area contributed by atoms with Crippen LogP contribution in [0.3, 0.4) is 0 Å². The fourth-order valence-corrected chi connectivity index (χ4v) is 1.64. The summed E-state index contributed by atoms with van der Waals surface area (Å²) in [6.45, 7) is 7.96. The molecule has 0 amide bonds. The smallest absolute Gasteiger partial charge is 0.399 e. The van der Waals surface area contributed by atoms with Crippen molar-refractivity contribution < 1.29 is 9.31 Å². The highest BCUT2D eigenvalue weighted by Gasteiger charge is 2.52. The number of nitrogens with zero attached hydrogens (tertiary/aromatic N) is 2. The Morgan fingerprint density at radius 1 is 1.19 bits per heavy atom. The van der Waals surface area contributed by atoms with E-state index < -0.39 is 7.12 Å². The topological polar surface area (TPSA) is 44.2 Å². The molecule has 6 heteroatoms. The standard InChI is InChI=1S/C10H14BClN2O2/c1-9(2)10(3,4)16-11(15-9)7-5-13-6-14-8(7)12/h5-6H,1-4H3. The van der Waals surface area contributed by atoms with E-state index in [4.69, 9.17) is 20.9 Å². The van der Waals surface area contributed by atoms with Crippen LogP contribution in [0.25, 0.3) is 0 Å². The van der Waals surface area contributed by atoms with Gasteiger partial charge >= 0.3 is 7.12 Å². The van der Waals surface area contributed by atoms with Gasteiger partial charge in [0.05, 0.1) is 11.2 Å². The van der Waals surface area contributed by atoms with Crippen molar-refractivity contribution >= 4 is 24.2 Å². The molecule has 0 saturated carbocycles. The first-order valence-corrected chi connectivity index (χ1v) is 5.52. The maximum absolute atomic E-state index is 5.98. The van der Waals surface area contributed by atoms with Crippen LogP contribution in [0.5, 0.6) is 0 Å². The summed E-state index contributed by atoms with van der Waals surface area (Å²) in [6.07, 6.45) is 3.02. The van der Waals surface area contributed by atoms with Crippen molar-refractivity contribution in [3.8, 4) is 0 Å². The maximum atomic E-state index is 5.98. The lowest BCUT2D eigenvalue weighted by Gasteiger charge is -2.32. The minimum atomic E-state index is -0.501. The van der Waals surface area contributed by atoms with Crippen LogP contribution in [0.1, 0.15) is 27.7 Å². The molecule has 0 bridgehead atoms. The van der Waals surface area contributed by atoms with Gasteiger partial charge in [-0.05, 0) is 27.7 Å². The molecule has 1 saturated heterocycles. The van der Waals surface area contributed by atoms with Crippen molar-refractivity contribution in [2.24, 2.45) is 0 Å².